The Morgan fingerprint density at radius 2 is 1.76 bits per heavy atom. The molecule has 2 heterocycles. The Morgan fingerprint density at radius 3 is 2.44 bits per heavy atom. The van der Waals surface area contributed by atoms with Gasteiger partial charge in [-0.15, -0.1) is 0 Å². The van der Waals surface area contributed by atoms with Gasteiger partial charge in [-0.05, 0) is 43.9 Å². The molecular weight excluding hydrogens is 436 g/mol. The fraction of sp³-hybridized carbons (Fsp3) is 0.308. The maximum absolute atomic E-state index is 12.6. The van der Waals surface area contributed by atoms with E-state index in [2.05, 4.69) is 5.16 Å². The van der Waals surface area contributed by atoms with Gasteiger partial charge in [0.25, 0.3) is 11.8 Å². The van der Waals surface area contributed by atoms with Gasteiger partial charge in [0.2, 0.25) is 0 Å². The van der Waals surface area contributed by atoms with Crippen LogP contribution in [0.5, 0.6) is 0 Å². The van der Waals surface area contributed by atoms with E-state index in [0.717, 1.165) is 41.7 Å². The van der Waals surface area contributed by atoms with Crippen LogP contribution in [0.3, 0.4) is 0 Å². The molecule has 0 radical (unpaired) electrons. The molecule has 8 nitrogen and oxygen atoms in total. The molecule has 0 saturated heterocycles. The molecule has 5 rings (SSSR count). The molecule has 2 aliphatic rings. The first-order valence-electron chi connectivity index (χ1n) is 11.4. The number of carbonyl (C=O) groups is 3. The van der Waals surface area contributed by atoms with Gasteiger partial charge in [-0.3, -0.25) is 19.3 Å². The van der Waals surface area contributed by atoms with Crippen molar-refractivity contribution in [2.24, 2.45) is 11.1 Å². The van der Waals surface area contributed by atoms with Crippen molar-refractivity contribution in [3.05, 3.63) is 70.5 Å². The van der Waals surface area contributed by atoms with Crippen LogP contribution in [0, 0.1) is 5.92 Å². The van der Waals surface area contributed by atoms with Gasteiger partial charge in [0.1, 0.15) is 11.3 Å². The zero-order valence-corrected chi connectivity index (χ0v) is 18.5. The van der Waals surface area contributed by atoms with Crippen molar-refractivity contribution in [2.75, 3.05) is 6.54 Å². The van der Waals surface area contributed by atoms with Crippen molar-refractivity contribution >= 4 is 34.5 Å². The number of oxime groups is 1. The molecule has 3 aromatic rings. The van der Waals surface area contributed by atoms with E-state index < -0.39 is 23.7 Å². The summed E-state index contributed by atoms with van der Waals surface area (Å²) in [6, 6.07) is 12.1. The molecule has 1 aromatic heterocycles. The minimum Gasteiger partial charge on any atom is -0.481 e. The third-order valence-corrected chi connectivity index (χ3v) is 6.78. The number of aliphatic carboxylic acids is 1. The number of aryl methyl sites for hydroxylation is 2. The monoisotopic (exact) mass is 460 g/mol. The Hall–Kier alpha value is -3.94. The number of carboxylic acid groups (broad SMARTS) is 1. The van der Waals surface area contributed by atoms with E-state index in [-0.39, 0.29) is 25.1 Å². The maximum Gasteiger partial charge on any atom is 0.306 e. The quantitative estimate of drug-likeness (QED) is 0.235. The highest BCUT2D eigenvalue weighted by atomic mass is 16.4. The summed E-state index contributed by atoms with van der Waals surface area (Å²) in [5.74, 6) is -1.89. The minimum absolute atomic E-state index is 0.0358. The third-order valence-electron chi connectivity index (χ3n) is 6.78. The summed E-state index contributed by atoms with van der Waals surface area (Å²) in [7, 11) is 0. The van der Waals surface area contributed by atoms with Crippen LogP contribution in [0.25, 0.3) is 11.0 Å². The summed E-state index contributed by atoms with van der Waals surface area (Å²) < 4.78 is 6.01. The first-order valence-corrected chi connectivity index (χ1v) is 11.4. The van der Waals surface area contributed by atoms with E-state index in [0.29, 0.717) is 22.3 Å². The molecule has 8 heteroatoms. The van der Waals surface area contributed by atoms with Crippen molar-refractivity contribution in [3.63, 3.8) is 0 Å². The van der Waals surface area contributed by atoms with Crippen molar-refractivity contribution < 1.29 is 29.1 Å². The van der Waals surface area contributed by atoms with Crippen LogP contribution in [0.4, 0.5) is 0 Å². The van der Waals surface area contributed by atoms with Crippen molar-refractivity contribution in [3.8, 4) is 0 Å². The Bertz CT molecular complexity index is 1300. The van der Waals surface area contributed by atoms with Crippen LogP contribution in [0.1, 0.15) is 63.3 Å². The highest BCUT2D eigenvalue weighted by Crippen LogP contribution is 2.33. The summed E-state index contributed by atoms with van der Waals surface area (Å²) in [6.07, 6.45) is 4.08. The first kappa shape index (κ1) is 21.9. The third kappa shape index (κ3) is 3.75. The van der Waals surface area contributed by atoms with Crippen molar-refractivity contribution in [1.82, 2.24) is 4.90 Å². The zero-order chi connectivity index (χ0) is 23.8. The van der Waals surface area contributed by atoms with Crippen LogP contribution < -0.4 is 0 Å². The lowest BCUT2D eigenvalue weighted by atomic mass is 9.93. The molecule has 0 bridgehead atoms. The smallest absolute Gasteiger partial charge is 0.306 e. The second-order valence-corrected chi connectivity index (χ2v) is 8.80. The number of fused-ring (bicyclic) bond motifs is 4. The van der Waals surface area contributed by atoms with Gasteiger partial charge >= 0.3 is 5.97 Å². The number of carbonyl (C=O) groups excluding carboxylic acids is 2. The van der Waals surface area contributed by atoms with Gasteiger partial charge in [0, 0.05) is 35.9 Å². The molecule has 2 amide bonds. The zero-order valence-electron chi connectivity index (χ0n) is 18.5. The van der Waals surface area contributed by atoms with E-state index in [1.807, 2.05) is 12.1 Å². The average Bonchev–Trinajstić information content (AvgIpc) is 3.34. The first-order chi connectivity index (χ1) is 16.5. The Balaban J connectivity index is 1.32. The number of amides is 2. The molecule has 34 heavy (non-hydrogen) atoms. The number of nitrogens with zero attached hydrogens (tertiary/aromatic N) is 2. The number of hydrogen-bond acceptors (Lipinski definition) is 6. The predicted molar refractivity (Wildman–Crippen MR) is 123 cm³/mol. The van der Waals surface area contributed by atoms with Crippen molar-refractivity contribution in [2.45, 2.75) is 38.5 Å². The summed E-state index contributed by atoms with van der Waals surface area (Å²) in [5.41, 5.74) is 3.36. The SMILES string of the molecule is O=C(O)C(CCN1C(=O)c2ccccc2C1=O)C/C(=N/O)c1ccc2c3c(oc2c1)CCCC3. The summed E-state index contributed by atoms with van der Waals surface area (Å²) in [4.78, 5) is 38.2. The lowest BCUT2D eigenvalue weighted by Crippen LogP contribution is -2.33. The van der Waals surface area contributed by atoms with Gasteiger partial charge in [0.15, 0.2) is 0 Å². The minimum atomic E-state index is -1.09. The second-order valence-electron chi connectivity index (χ2n) is 8.80. The maximum atomic E-state index is 12.6. The van der Waals surface area contributed by atoms with Crippen LogP contribution in [0.2, 0.25) is 0 Å². The van der Waals surface area contributed by atoms with E-state index >= 15 is 0 Å². The van der Waals surface area contributed by atoms with Crippen molar-refractivity contribution in [1.29, 1.82) is 0 Å². The summed E-state index contributed by atoms with van der Waals surface area (Å²) in [6.45, 7) is -0.0358. The van der Waals surface area contributed by atoms with Gasteiger partial charge in [-0.25, -0.2) is 0 Å². The Labute approximate surface area is 195 Å². The van der Waals surface area contributed by atoms with Gasteiger partial charge in [-0.2, -0.15) is 0 Å². The van der Waals surface area contributed by atoms with Crippen LogP contribution in [0.15, 0.2) is 52.0 Å². The molecule has 0 fully saturated rings. The Morgan fingerprint density at radius 1 is 1.06 bits per heavy atom. The van der Waals surface area contributed by atoms with E-state index in [1.165, 1.54) is 5.56 Å². The highest BCUT2D eigenvalue weighted by molar-refractivity contribution is 6.21. The second kappa shape index (κ2) is 8.78. The van der Waals surface area contributed by atoms with E-state index in [9.17, 15) is 24.7 Å². The van der Waals surface area contributed by atoms with Crippen LogP contribution in [-0.4, -0.2) is 45.3 Å². The molecule has 1 aliphatic carbocycles. The normalized spacial score (nSPS) is 16.6. The lowest BCUT2D eigenvalue weighted by molar-refractivity contribution is -0.141. The molecule has 1 atom stereocenters. The number of hydrogen-bond donors (Lipinski definition) is 2. The summed E-state index contributed by atoms with van der Waals surface area (Å²) >= 11 is 0. The number of furan rings is 1. The number of imide groups is 1. The molecule has 1 unspecified atom stereocenters. The lowest BCUT2D eigenvalue weighted by Gasteiger charge is -2.18. The van der Waals surface area contributed by atoms with Gasteiger partial charge < -0.3 is 14.7 Å². The predicted octanol–water partition coefficient (Wildman–Crippen LogP) is 4.27. The van der Waals surface area contributed by atoms with E-state index in [1.54, 1.807) is 30.3 Å². The molecule has 1 aliphatic heterocycles. The molecule has 0 spiro atoms. The summed E-state index contributed by atoms with van der Waals surface area (Å²) in [5, 5.41) is 23.9. The molecule has 2 aromatic carbocycles. The number of carboxylic acids is 1. The topological polar surface area (TPSA) is 120 Å². The van der Waals surface area contributed by atoms with E-state index in [4.69, 9.17) is 4.42 Å². The fourth-order valence-electron chi connectivity index (χ4n) is 4.93. The van der Waals surface area contributed by atoms with Gasteiger partial charge in [0.05, 0.1) is 22.8 Å². The standard InChI is InChI=1S/C26H24N2O6/c29-24-19-6-1-2-7-20(19)25(30)28(24)12-11-16(26(31)32)13-21(27-33)15-9-10-18-17-5-3-4-8-22(17)34-23(18)14-15/h1-2,6-7,9-10,14,16,33H,3-5,8,11-13H2,(H,31,32)/b27-21-. The molecule has 174 valence electrons. The number of rotatable bonds is 7. The molecular formula is C26H24N2O6. The largest absolute Gasteiger partial charge is 0.481 e. The van der Waals surface area contributed by atoms with Crippen LogP contribution in [-0.2, 0) is 17.6 Å². The van der Waals surface area contributed by atoms with Crippen LogP contribution >= 0.6 is 0 Å². The number of benzene rings is 2. The fourth-order valence-corrected chi connectivity index (χ4v) is 4.93. The van der Waals surface area contributed by atoms with Gasteiger partial charge in [-0.1, -0.05) is 29.4 Å². The molecule has 0 saturated carbocycles. The Kier molecular flexibility index (Phi) is 5.65. The average molecular weight is 460 g/mol. The molecule has 2 N–H and O–H groups in total. The highest BCUT2D eigenvalue weighted by Gasteiger charge is 2.36.